The Morgan fingerprint density at radius 1 is 0.627 bits per heavy atom. The molecule has 3 aromatic heterocycles. The highest BCUT2D eigenvalue weighted by atomic mass is 32.1. The quantitative estimate of drug-likeness (QED) is 0.139. The Hall–Kier alpha value is -6.30. The summed E-state index contributed by atoms with van der Waals surface area (Å²) in [4.78, 5) is 60.4. The van der Waals surface area contributed by atoms with Crippen molar-refractivity contribution < 1.29 is 14.4 Å². The van der Waals surface area contributed by atoms with Crippen LogP contribution in [0.5, 0.6) is 0 Å². The van der Waals surface area contributed by atoms with E-state index in [9.17, 15) is 14.4 Å². The van der Waals surface area contributed by atoms with Crippen molar-refractivity contribution in [2.24, 2.45) is 0 Å². The molecule has 2 aliphatic heterocycles. The van der Waals surface area contributed by atoms with Crippen LogP contribution in [0, 0.1) is 0 Å². The minimum Gasteiger partial charge on any atom is -0.336 e. The maximum absolute atomic E-state index is 14.2. The Bertz CT molecular complexity index is 2540. The second-order valence-electron chi connectivity index (χ2n) is 14.9. The number of pyridine rings is 1. The Morgan fingerprint density at radius 2 is 1.14 bits per heavy atom. The maximum atomic E-state index is 14.2. The Labute approximate surface area is 351 Å². The molecule has 4 aromatic carbocycles. The number of nitrogens with one attached hydrogen (secondary N) is 1. The lowest BCUT2D eigenvalue weighted by Crippen LogP contribution is -2.42. The predicted molar refractivity (Wildman–Crippen MR) is 233 cm³/mol. The maximum Gasteiger partial charge on any atom is 0.252 e. The summed E-state index contributed by atoms with van der Waals surface area (Å²) in [6.45, 7) is 1.37. The number of benzene rings is 4. The average molecular weight is 815 g/mol. The molecular weight excluding hydrogens is 773 g/mol. The first kappa shape index (κ1) is 38.2. The van der Waals surface area contributed by atoms with Crippen LogP contribution < -0.4 is 5.32 Å². The summed E-state index contributed by atoms with van der Waals surface area (Å²) in [6, 6.07) is 38.8. The van der Waals surface area contributed by atoms with E-state index in [1.165, 1.54) is 0 Å². The van der Waals surface area contributed by atoms with Gasteiger partial charge in [0.15, 0.2) is 0 Å². The summed E-state index contributed by atoms with van der Waals surface area (Å²) in [7, 11) is 0. The van der Waals surface area contributed by atoms with Gasteiger partial charge in [0, 0.05) is 43.4 Å². The van der Waals surface area contributed by atoms with Crippen LogP contribution in [0.3, 0.4) is 0 Å². The average Bonchev–Trinajstić information content (AvgIpc) is 4.14. The molecule has 2 aliphatic rings. The van der Waals surface area contributed by atoms with Crippen molar-refractivity contribution in [2.75, 3.05) is 13.1 Å². The molecule has 0 saturated carbocycles. The normalized spacial score (nSPS) is 16.9. The van der Waals surface area contributed by atoms with E-state index in [1.54, 1.807) is 47.2 Å². The molecule has 1 N–H and O–H groups in total. The van der Waals surface area contributed by atoms with E-state index in [2.05, 4.69) is 58.8 Å². The molecular formula is C48H42N6O3S2. The molecule has 9 rings (SSSR count). The molecule has 0 radical (unpaired) electrons. The lowest BCUT2D eigenvalue weighted by molar-refractivity contribution is -0.134. The van der Waals surface area contributed by atoms with Crippen LogP contribution in [-0.2, 0) is 16.0 Å². The Kier molecular flexibility index (Phi) is 11.2. The molecule has 0 spiro atoms. The van der Waals surface area contributed by atoms with Crippen LogP contribution in [0.2, 0.25) is 0 Å². The highest BCUT2D eigenvalue weighted by Crippen LogP contribution is 2.40. The monoisotopic (exact) mass is 814 g/mol. The summed E-state index contributed by atoms with van der Waals surface area (Å²) >= 11 is 3.29. The van der Waals surface area contributed by atoms with Crippen molar-refractivity contribution in [1.82, 2.24) is 30.1 Å². The molecule has 1 unspecified atom stereocenters. The predicted octanol–water partition coefficient (Wildman–Crippen LogP) is 9.74. The van der Waals surface area contributed by atoms with Crippen LogP contribution in [0.1, 0.15) is 75.3 Å². The summed E-state index contributed by atoms with van der Waals surface area (Å²) in [5, 5.41) is 4.88. The van der Waals surface area contributed by atoms with Crippen molar-refractivity contribution in [1.29, 1.82) is 0 Å². The van der Waals surface area contributed by atoms with Crippen molar-refractivity contribution >= 4 is 40.4 Å². The van der Waals surface area contributed by atoms with E-state index in [4.69, 9.17) is 9.97 Å². The smallest absolute Gasteiger partial charge is 0.252 e. The fraction of sp³-hybridized carbons (Fsp3) is 0.208. The zero-order chi connectivity index (χ0) is 40.1. The van der Waals surface area contributed by atoms with Crippen molar-refractivity contribution in [2.45, 2.75) is 50.2 Å². The minimum absolute atomic E-state index is 0.0293. The van der Waals surface area contributed by atoms with Crippen LogP contribution >= 0.6 is 22.7 Å². The second kappa shape index (κ2) is 17.3. The van der Waals surface area contributed by atoms with Gasteiger partial charge in [0.1, 0.15) is 16.1 Å². The number of thiazole rings is 2. The summed E-state index contributed by atoms with van der Waals surface area (Å²) < 4.78 is 0. The SMILES string of the molecule is O=C(N[C@@H](C(=O)N1CCC[C@H]1c1ncc(-c2ccc(-c3ccc(-c4cnc(C5CCCN5C(=O)Cc5ccccc5)s4)cc3)cc2)s1)c1ccccc1)c1ccncc1. The lowest BCUT2D eigenvalue weighted by Gasteiger charge is -2.28. The zero-order valence-electron chi connectivity index (χ0n) is 32.3. The van der Waals surface area contributed by atoms with E-state index < -0.39 is 6.04 Å². The number of likely N-dealkylation sites (tertiary alicyclic amines) is 2. The van der Waals surface area contributed by atoms with Gasteiger partial charge in [0.05, 0.1) is 28.3 Å². The Balaban J connectivity index is 0.856. The molecule has 0 bridgehead atoms. The Morgan fingerprint density at radius 3 is 1.71 bits per heavy atom. The van der Waals surface area contributed by atoms with Crippen LogP contribution in [0.4, 0.5) is 0 Å². The van der Waals surface area contributed by atoms with Crippen LogP contribution in [0.15, 0.2) is 146 Å². The molecule has 3 amide bonds. The van der Waals surface area contributed by atoms with Crippen LogP contribution in [0.25, 0.3) is 32.0 Å². The molecule has 3 atom stereocenters. The van der Waals surface area contributed by atoms with Crippen molar-refractivity contribution in [3.05, 3.63) is 173 Å². The first-order valence-electron chi connectivity index (χ1n) is 20.0. The molecule has 2 fully saturated rings. The van der Waals surface area contributed by atoms with E-state index >= 15 is 0 Å². The topological polar surface area (TPSA) is 108 Å². The van der Waals surface area contributed by atoms with E-state index in [1.807, 2.05) is 82.9 Å². The zero-order valence-corrected chi connectivity index (χ0v) is 33.9. The van der Waals surface area contributed by atoms with Gasteiger partial charge >= 0.3 is 0 Å². The third kappa shape index (κ3) is 8.35. The highest BCUT2D eigenvalue weighted by Gasteiger charge is 2.37. The molecule has 59 heavy (non-hydrogen) atoms. The number of hydrogen-bond acceptors (Lipinski definition) is 8. The highest BCUT2D eigenvalue weighted by molar-refractivity contribution is 7.15. The van der Waals surface area contributed by atoms with Gasteiger partial charge in [-0.1, -0.05) is 109 Å². The van der Waals surface area contributed by atoms with E-state index in [-0.39, 0.29) is 29.8 Å². The molecule has 294 valence electrons. The molecule has 9 nitrogen and oxygen atoms in total. The summed E-state index contributed by atoms with van der Waals surface area (Å²) in [6.07, 6.45) is 11.0. The van der Waals surface area contributed by atoms with Crippen LogP contribution in [-0.4, -0.2) is 55.6 Å². The van der Waals surface area contributed by atoms with E-state index in [0.29, 0.717) is 18.5 Å². The fourth-order valence-corrected chi connectivity index (χ4v) is 10.2. The molecule has 5 heterocycles. The first-order chi connectivity index (χ1) is 29.0. The summed E-state index contributed by atoms with van der Waals surface area (Å²) in [5.74, 6) is -0.307. The number of hydrogen-bond donors (Lipinski definition) is 1. The molecule has 7 aromatic rings. The van der Waals surface area contributed by atoms with Gasteiger partial charge in [-0.2, -0.15) is 0 Å². The number of aromatic nitrogens is 3. The molecule has 0 aliphatic carbocycles. The van der Waals surface area contributed by atoms with Crippen molar-refractivity contribution in [3.8, 4) is 32.0 Å². The molecule has 11 heteroatoms. The van der Waals surface area contributed by atoms with Gasteiger partial charge < -0.3 is 15.1 Å². The number of rotatable bonds is 11. The van der Waals surface area contributed by atoms with Gasteiger partial charge in [-0.25, -0.2) is 9.97 Å². The number of amides is 3. The minimum atomic E-state index is -0.830. The first-order valence-corrected chi connectivity index (χ1v) is 21.6. The lowest BCUT2D eigenvalue weighted by atomic mass is 10.0. The van der Waals surface area contributed by atoms with Gasteiger partial charge in [0.25, 0.3) is 5.91 Å². The van der Waals surface area contributed by atoms with Crippen molar-refractivity contribution in [3.63, 3.8) is 0 Å². The standard InChI is InChI=1S/C48H42N6O3S2/c55-43(29-32-9-3-1-4-10-32)53-27-7-13-39(53)46-50-30-41(58-46)35-19-15-33(16-20-35)34-17-21-36(22-18-34)42-31-51-47(59-42)40-14-8-28-54(40)48(57)44(37-11-5-2-6-12-37)52-45(56)38-23-25-49-26-24-38/h1-6,9-12,15-26,30-31,39-40,44H,7-8,13-14,27-29H2,(H,52,56)/t39?,40-,44+/m0/s1. The number of nitrogens with zero attached hydrogens (tertiary/aromatic N) is 5. The largest absolute Gasteiger partial charge is 0.336 e. The third-order valence-electron chi connectivity index (χ3n) is 11.2. The second-order valence-corrected chi connectivity index (χ2v) is 17.1. The van der Waals surface area contributed by atoms with Gasteiger partial charge in [-0.15, -0.1) is 22.7 Å². The van der Waals surface area contributed by atoms with Gasteiger partial charge in [-0.3, -0.25) is 19.4 Å². The third-order valence-corrected chi connectivity index (χ3v) is 13.5. The van der Waals surface area contributed by atoms with E-state index in [0.717, 1.165) is 85.4 Å². The molecule has 2 saturated heterocycles. The summed E-state index contributed by atoms with van der Waals surface area (Å²) in [5.41, 5.74) is 6.63. The number of carbonyl (C=O) groups excluding carboxylic acids is 3. The number of carbonyl (C=O) groups is 3. The fourth-order valence-electron chi connectivity index (χ4n) is 8.10. The van der Waals surface area contributed by atoms with Gasteiger partial charge in [-0.05, 0) is 71.2 Å². The van der Waals surface area contributed by atoms with Gasteiger partial charge in [0.2, 0.25) is 11.8 Å².